The summed E-state index contributed by atoms with van der Waals surface area (Å²) in [4.78, 5) is 10.0. The van der Waals surface area contributed by atoms with E-state index in [0.717, 1.165) is 33.4 Å². The summed E-state index contributed by atoms with van der Waals surface area (Å²) in [5, 5.41) is 12.1. The maximum atomic E-state index is 5.23. The van der Waals surface area contributed by atoms with E-state index in [1.54, 1.807) is 0 Å². The summed E-state index contributed by atoms with van der Waals surface area (Å²) in [5.41, 5.74) is 8.65. The van der Waals surface area contributed by atoms with Crippen LogP contribution in [0.5, 0.6) is 0 Å². The smallest absolute Gasteiger partial charge is 0.0964 e. The first kappa shape index (κ1) is 28.4. The lowest BCUT2D eigenvalue weighted by molar-refractivity contribution is 1.27. The van der Waals surface area contributed by atoms with Crippen LogP contribution in [0.25, 0.3) is 98.8 Å². The largest absolute Gasteiger partial charge is 0.254 e. The molecule has 50 heavy (non-hydrogen) atoms. The van der Waals surface area contributed by atoms with E-state index in [-0.39, 0.29) is 0 Å². The molecule has 0 unspecified atom stereocenters. The Morgan fingerprint density at radius 3 is 1.50 bits per heavy atom. The van der Waals surface area contributed by atoms with Crippen molar-refractivity contribution in [2.75, 3.05) is 0 Å². The first-order valence-electron chi connectivity index (χ1n) is 17.1. The molecular weight excluding hydrogens is 605 g/mol. The fraction of sp³-hybridized carbons (Fsp3) is 0. The van der Waals surface area contributed by atoms with Crippen molar-refractivity contribution in [3.63, 3.8) is 0 Å². The molecule has 2 nitrogen and oxygen atoms in total. The molecule has 2 aromatic heterocycles. The Morgan fingerprint density at radius 2 is 0.820 bits per heavy atom. The van der Waals surface area contributed by atoms with E-state index in [0.29, 0.717) is 0 Å². The van der Waals surface area contributed by atoms with Crippen LogP contribution in [0.15, 0.2) is 182 Å². The van der Waals surface area contributed by atoms with Gasteiger partial charge in [0.15, 0.2) is 0 Å². The van der Waals surface area contributed by atoms with E-state index >= 15 is 0 Å². The van der Waals surface area contributed by atoms with Gasteiger partial charge in [0, 0.05) is 17.1 Å². The number of hydrogen-bond donors (Lipinski definition) is 0. The molecule has 232 valence electrons. The number of rotatable bonds is 4. The monoisotopic (exact) mass is 634 g/mol. The normalized spacial score (nSPS) is 11.6. The molecule has 0 spiro atoms. The highest BCUT2D eigenvalue weighted by Crippen LogP contribution is 2.45. The van der Waals surface area contributed by atoms with E-state index in [9.17, 15) is 0 Å². The molecule has 0 aliphatic heterocycles. The molecule has 10 rings (SSSR count). The minimum absolute atomic E-state index is 0.865. The van der Waals surface area contributed by atoms with Crippen molar-refractivity contribution in [2.45, 2.75) is 0 Å². The standard InChI is InChI=1S/C48H30N2/c1-3-13-34-28-37(22-20-31(34)10-1)46-40-16-7-8-17-41(40)47(38-23-21-32-11-2-4-14-35(32)29-38)43-30-36(24-25-42(43)46)44-18-9-19-45(50-44)48-39-15-6-5-12-33(39)26-27-49-48/h1-30H. The van der Waals surface area contributed by atoms with Gasteiger partial charge in [-0.05, 0) is 107 Å². The van der Waals surface area contributed by atoms with Gasteiger partial charge in [0.2, 0.25) is 0 Å². The van der Waals surface area contributed by atoms with Crippen molar-refractivity contribution >= 4 is 53.9 Å². The van der Waals surface area contributed by atoms with E-state index in [4.69, 9.17) is 9.97 Å². The average Bonchev–Trinajstić information content (AvgIpc) is 3.19. The van der Waals surface area contributed by atoms with Crippen LogP contribution in [0.2, 0.25) is 0 Å². The van der Waals surface area contributed by atoms with Gasteiger partial charge < -0.3 is 0 Å². The Kier molecular flexibility index (Phi) is 6.53. The Morgan fingerprint density at radius 1 is 0.300 bits per heavy atom. The molecular formula is C48H30N2. The van der Waals surface area contributed by atoms with Crippen LogP contribution in [0, 0.1) is 0 Å². The predicted molar refractivity (Wildman–Crippen MR) is 211 cm³/mol. The van der Waals surface area contributed by atoms with Gasteiger partial charge in [-0.15, -0.1) is 0 Å². The van der Waals surface area contributed by atoms with Gasteiger partial charge in [0.25, 0.3) is 0 Å². The van der Waals surface area contributed by atoms with Crippen molar-refractivity contribution in [1.29, 1.82) is 0 Å². The second-order valence-corrected chi connectivity index (χ2v) is 13.0. The second-order valence-electron chi connectivity index (χ2n) is 13.0. The first-order valence-corrected chi connectivity index (χ1v) is 17.1. The molecule has 0 radical (unpaired) electrons. The lowest BCUT2D eigenvalue weighted by Gasteiger charge is -2.19. The number of hydrogen-bond acceptors (Lipinski definition) is 2. The summed E-state index contributed by atoms with van der Waals surface area (Å²) < 4.78 is 0. The highest BCUT2D eigenvalue weighted by Gasteiger charge is 2.19. The zero-order valence-electron chi connectivity index (χ0n) is 27.2. The third-order valence-corrected chi connectivity index (χ3v) is 10.1. The van der Waals surface area contributed by atoms with Gasteiger partial charge in [-0.2, -0.15) is 0 Å². The van der Waals surface area contributed by atoms with Gasteiger partial charge in [0.05, 0.1) is 17.1 Å². The highest BCUT2D eigenvalue weighted by molar-refractivity contribution is 6.22. The maximum Gasteiger partial charge on any atom is 0.0964 e. The zero-order chi connectivity index (χ0) is 33.0. The highest BCUT2D eigenvalue weighted by atomic mass is 14.8. The zero-order valence-corrected chi connectivity index (χ0v) is 27.2. The van der Waals surface area contributed by atoms with Crippen LogP contribution in [0.1, 0.15) is 0 Å². The maximum absolute atomic E-state index is 5.23. The molecule has 0 bridgehead atoms. The number of aromatic nitrogens is 2. The SMILES string of the molecule is c1cc(-c2ccc3c(-c4ccc5ccccc5c4)c4ccccc4c(-c4ccc5ccccc5c4)c3c2)nc(-c2nccc3ccccc23)c1. The summed E-state index contributed by atoms with van der Waals surface area (Å²) in [6.07, 6.45) is 1.87. The Balaban J connectivity index is 1.26. The van der Waals surface area contributed by atoms with E-state index in [2.05, 4.69) is 176 Å². The quantitative estimate of drug-likeness (QED) is 0.180. The third-order valence-electron chi connectivity index (χ3n) is 10.1. The summed E-state index contributed by atoms with van der Waals surface area (Å²) >= 11 is 0. The van der Waals surface area contributed by atoms with Crippen LogP contribution in [-0.4, -0.2) is 9.97 Å². The molecule has 0 atom stereocenters. The minimum atomic E-state index is 0.865. The molecule has 10 aromatic rings. The summed E-state index contributed by atoms with van der Waals surface area (Å²) in [7, 11) is 0. The van der Waals surface area contributed by atoms with Gasteiger partial charge >= 0.3 is 0 Å². The molecule has 0 fully saturated rings. The Bertz CT molecular complexity index is 2930. The summed E-state index contributed by atoms with van der Waals surface area (Å²) in [6.45, 7) is 0. The Hall–Kier alpha value is -6.64. The van der Waals surface area contributed by atoms with E-state index in [1.165, 1.54) is 65.3 Å². The first-order chi connectivity index (χ1) is 24.8. The van der Waals surface area contributed by atoms with Crippen LogP contribution in [0.3, 0.4) is 0 Å². The Labute approximate surface area is 290 Å². The third kappa shape index (κ3) is 4.65. The van der Waals surface area contributed by atoms with Crippen molar-refractivity contribution in [3.05, 3.63) is 182 Å². The number of pyridine rings is 2. The summed E-state index contributed by atoms with van der Waals surface area (Å²) in [6, 6.07) is 63.4. The fourth-order valence-corrected chi connectivity index (χ4v) is 7.70. The summed E-state index contributed by atoms with van der Waals surface area (Å²) in [5.74, 6) is 0. The van der Waals surface area contributed by atoms with E-state index < -0.39 is 0 Å². The van der Waals surface area contributed by atoms with E-state index in [1.807, 2.05) is 6.20 Å². The molecule has 0 saturated heterocycles. The molecule has 0 aliphatic carbocycles. The molecule has 2 heterocycles. The molecule has 8 aromatic carbocycles. The van der Waals surface area contributed by atoms with Crippen molar-refractivity contribution in [3.8, 4) is 44.9 Å². The molecule has 2 heteroatoms. The molecule has 0 saturated carbocycles. The molecule has 0 N–H and O–H groups in total. The number of fused-ring (bicyclic) bond motifs is 5. The van der Waals surface area contributed by atoms with Crippen molar-refractivity contribution in [2.24, 2.45) is 0 Å². The van der Waals surface area contributed by atoms with Gasteiger partial charge in [-0.25, -0.2) is 4.98 Å². The van der Waals surface area contributed by atoms with Crippen LogP contribution < -0.4 is 0 Å². The van der Waals surface area contributed by atoms with Crippen LogP contribution in [-0.2, 0) is 0 Å². The minimum Gasteiger partial charge on any atom is -0.254 e. The van der Waals surface area contributed by atoms with Crippen LogP contribution in [0.4, 0.5) is 0 Å². The van der Waals surface area contributed by atoms with Crippen LogP contribution >= 0.6 is 0 Å². The van der Waals surface area contributed by atoms with Crippen molar-refractivity contribution < 1.29 is 0 Å². The second kappa shape index (κ2) is 11.5. The topological polar surface area (TPSA) is 25.8 Å². The lowest BCUT2D eigenvalue weighted by Crippen LogP contribution is -1.94. The van der Waals surface area contributed by atoms with Gasteiger partial charge in [0.1, 0.15) is 0 Å². The van der Waals surface area contributed by atoms with Crippen molar-refractivity contribution in [1.82, 2.24) is 9.97 Å². The predicted octanol–water partition coefficient (Wildman–Crippen LogP) is 12.9. The number of benzene rings is 8. The molecule has 0 amide bonds. The molecule has 0 aliphatic rings. The lowest BCUT2D eigenvalue weighted by atomic mass is 9.84. The number of nitrogens with zero attached hydrogens (tertiary/aromatic N) is 2. The van der Waals surface area contributed by atoms with Gasteiger partial charge in [-0.1, -0.05) is 140 Å². The average molecular weight is 635 g/mol. The van der Waals surface area contributed by atoms with Gasteiger partial charge in [-0.3, -0.25) is 4.98 Å². The fourth-order valence-electron chi connectivity index (χ4n) is 7.70.